The summed E-state index contributed by atoms with van der Waals surface area (Å²) in [4.78, 5) is 16.0. The van der Waals surface area contributed by atoms with E-state index < -0.39 is 5.41 Å². The van der Waals surface area contributed by atoms with Gasteiger partial charge in [0.25, 0.3) is 0 Å². The highest BCUT2D eigenvalue weighted by atomic mass is 32.1. The van der Waals surface area contributed by atoms with E-state index >= 15 is 0 Å². The molecule has 1 amide bonds. The molecular formula is C9H12N4O2S. The van der Waals surface area contributed by atoms with Crippen LogP contribution >= 0.6 is 12.2 Å². The van der Waals surface area contributed by atoms with Crippen molar-refractivity contribution in [3.8, 4) is 0 Å². The largest absolute Gasteiger partial charge is 0.392 e. The number of thiocarbonyl (C=S) groups is 1. The summed E-state index contributed by atoms with van der Waals surface area (Å²) in [6, 6.07) is 0. The van der Waals surface area contributed by atoms with E-state index in [0.717, 1.165) is 19.3 Å². The summed E-state index contributed by atoms with van der Waals surface area (Å²) in [5.41, 5.74) is 4.95. The maximum Gasteiger partial charge on any atom is 0.233 e. The number of aromatic nitrogens is 2. The van der Waals surface area contributed by atoms with Gasteiger partial charge >= 0.3 is 0 Å². The molecule has 7 heteroatoms. The van der Waals surface area contributed by atoms with E-state index in [0.29, 0.717) is 5.82 Å². The van der Waals surface area contributed by atoms with Crippen LogP contribution in [0.3, 0.4) is 0 Å². The Morgan fingerprint density at radius 2 is 2.44 bits per heavy atom. The first-order valence-electron chi connectivity index (χ1n) is 4.98. The molecule has 0 bridgehead atoms. The number of carbonyl (C=O) groups excluding carboxylic acids is 1. The summed E-state index contributed by atoms with van der Waals surface area (Å²) in [5, 5.41) is 6.31. The van der Waals surface area contributed by atoms with Gasteiger partial charge in [-0.15, -0.1) is 0 Å². The van der Waals surface area contributed by atoms with E-state index in [4.69, 9.17) is 18.0 Å². The van der Waals surface area contributed by atoms with Gasteiger partial charge < -0.3 is 15.6 Å². The van der Waals surface area contributed by atoms with Crippen molar-refractivity contribution < 1.29 is 9.32 Å². The van der Waals surface area contributed by atoms with Crippen LogP contribution in [-0.2, 0) is 11.3 Å². The molecule has 3 N–H and O–H groups in total. The van der Waals surface area contributed by atoms with Crippen LogP contribution in [0.5, 0.6) is 0 Å². The fourth-order valence-corrected chi connectivity index (χ4v) is 2.01. The molecule has 0 unspecified atom stereocenters. The standard InChI is InChI=1S/C9H12N4O2S/c10-7(16)9(2-1-3-9)8(14)11-4-6-12-5-15-13-6/h5H,1-4H2,(H2,10,16)(H,11,14). The Morgan fingerprint density at radius 3 is 2.88 bits per heavy atom. The van der Waals surface area contributed by atoms with Crippen LogP contribution in [0.2, 0.25) is 0 Å². The van der Waals surface area contributed by atoms with E-state index in [9.17, 15) is 4.79 Å². The van der Waals surface area contributed by atoms with Crippen molar-refractivity contribution in [3.05, 3.63) is 12.2 Å². The number of hydrogen-bond acceptors (Lipinski definition) is 5. The molecule has 6 nitrogen and oxygen atoms in total. The van der Waals surface area contributed by atoms with Gasteiger partial charge in [0.2, 0.25) is 12.3 Å². The van der Waals surface area contributed by atoms with E-state index in [1.165, 1.54) is 6.39 Å². The highest BCUT2D eigenvalue weighted by Crippen LogP contribution is 2.41. The van der Waals surface area contributed by atoms with Gasteiger partial charge in [-0.05, 0) is 12.8 Å². The van der Waals surface area contributed by atoms with Crippen molar-refractivity contribution in [3.63, 3.8) is 0 Å². The quantitative estimate of drug-likeness (QED) is 0.727. The molecule has 0 aliphatic heterocycles. The number of amides is 1. The molecule has 0 saturated heterocycles. The lowest BCUT2D eigenvalue weighted by molar-refractivity contribution is -0.131. The molecule has 0 aromatic carbocycles. The second-order valence-electron chi connectivity index (χ2n) is 3.83. The van der Waals surface area contributed by atoms with Crippen LogP contribution in [0.4, 0.5) is 0 Å². The van der Waals surface area contributed by atoms with Crippen LogP contribution in [0.1, 0.15) is 25.1 Å². The summed E-state index contributed by atoms with van der Waals surface area (Å²) in [7, 11) is 0. The zero-order valence-electron chi connectivity index (χ0n) is 8.60. The van der Waals surface area contributed by atoms with Crippen molar-refractivity contribution in [2.45, 2.75) is 25.8 Å². The van der Waals surface area contributed by atoms with E-state index in [1.807, 2.05) is 0 Å². The van der Waals surface area contributed by atoms with Crippen LogP contribution in [0.15, 0.2) is 10.9 Å². The summed E-state index contributed by atoms with van der Waals surface area (Å²) in [6.45, 7) is 0.236. The molecule has 0 spiro atoms. The normalized spacial score (nSPS) is 17.5. The van der Waals surface area contributed by atoms with Gasteiger partial charge in [0.15, 0.2) is 5.82 Å². The Morgan fingerprint density at radius 1 is 1.69 bits per heavy atom. The highest BCUT2D eigenvalue weighted by Gasteiger charge is 2.46. The average Bonchev–Trinajstić information content (AvgIpc) is 2.64. The monoisotopic (exact) mass is 240 g/mol. The Bertz CT molecular complexity index is 400. The smallest absolute Gasteiger partial charge is 0.233 e. The summed E-state index contributed by atoms with van der Waals surface area (Å²) in [6.07, 6.45) is 3.64. The van der Waals surface area contributed by atoms with Crippen LogP contribution in [0, 0.1) is 5.41 Å². The third-order valence-corrected chi connectivity index (χ3v) is 3.32. The number of carbonyl (C=O) groups is 1. The lowest BCUT2D eigenvalue weighted by Crippen LogP contribution is -2.52. The molecule has 1 heterocycles. The average molecular weight is 240 g/mol. The first-order chi connectivity index (χ1) is 7.65. The minimum atomic E-state index is -0.654. The lowest BCUT2D eigenvalue weighted by atomic mass is 9.68. The van der Waals surface area contributed by atoms with Gasteiger partial charge in [-0.25, -0.2) is 0 Å². The fourth-order valence-electron chi connectivity index (χ4n) is 1.71. The number of nitrogens with two attached hydrogens (primary N) is 1. The molecule has 1 aromatic heterocycles. The van der Waals surface area contributed by atoms with E-state index in [-0.39, 0.29) is 17.4 Å². The molecule has 1 saturated carbocycles. The van der Waals surface area contributed by atoms with Gasteiger partial charge in [-0.1, -0.05) is 23.8 Å². The zero-order chi connectivity index (χ0) is 11.6. The van der Waals surface area contributed by atoms with Gasteiger partial charge in [-0.3, -0.25) is 4.79 Å². The molecule has 0 atom stereocenters. The predicted octanol–water partition coefficient (Wildman–Crippen LogP) is 0.142. The van der Waals surface area contributed by atoms with E-state index in [2.05, 4.69) is 20.0 Å². The second-order valence-corrected chi connectivity index (χ2v) is 4.27. The van der Waals surface area contributed by atoms with Gasteiger partial charge in [0, 0.05) is 0 Å². The maximum atomic E-state index is 11.9. The van der Waals surface area contributed by atoms with Crippen molar-refractivity contribution in [2.24, 2.45) is 11.1 Å². The summed E-state index contributed by atoms with van der Waals surface area (Å²) in [5.74, 6) is 0.293. The van der Waals surface area contributed by atoms with Crippen molar-refractivity contribution >= 4 is 23.1 Å². The minimum absolute atomic E-state index is 0.143. The number of hydrogen-bond donors (Lipinski definition) is 2. The fraction of sp³-hybridized carbons (Fsp3) is 0.556. The van der Waals surface area contributed by atoms with Crippen LogP contribution in [-0.4, -0.2) is 21.0 Å². The SMILES string of the molecule is NC(=S)C1(C(=O)NCc2ncon2)CCC1. The second kappa shape index (κ2) is 4.17. The third kappa shape index (κ3) is 1.78. The molecule has 1 aliphatic carbocycles. The van der Waals surface area contributed by atoms with Crippen molar-refractivity contribution in [1.82, 2.24) is 15.5 Å². The molecule has 0 radical (unpaired) electrons. The van der Waals surface area contributed by atoms with Crippen LogP contribution in [0.25, 0.3) is 0 Å². The van der Waals surface area contributed by atoms with E-state index in [1.54, 1.807) is 0 Å². The summed E-state index contributed by atoms with van der Waals surface area (Å²) >= 11 is 4.94. The van der Waals surface area contributed by atoms with Crippen molar-refractivity contribution in [1.29, 1.82) is 0 Å². The first kappa shape index (κ1) is 11.0. The predicted molar refractivity (Wildman–Crippen MR) is 59.2 cm³/mol. The minimum Gasteiger partial charge on any atom is -0.392 e. The molecule has 16 heavy (non-hydrogen) atoms. The zero-order valence-corrected chi connectivity index (χ0v) is 9.42. The molecular weight excluding hydrogens is 228 g/mol. The maximum absolute atomic E-state index is 11.9. The number of rotatable bonds is 4. The molecule has 86 valence electrons. The Hall–Kier alpha value is -1.50. The number of nitrogens with zero attached hydrogens (tertiary/aromatic N) is 2. The van der Waals surface area contributed by atoms with Gasteiger partial charge in [0.1, 0.15) is 0 Å². The Kier molecular flexibility index (Phi) is 2.86. The lowest BCUT2D eigenvalue weighted by Gasteiger charge is -2.38. The first-order valence-corrected chi connectivity index (χ1v) is 5.39. The molecule has 2 rings (SSSR count). The topological polar surface area (TPSA) is 94.0 Å². The third-order valence-electron chi connectivity index (χ3n) is 2.93. The highest BCUT2D eigenvalue weighted by molar-refractivity contribution is 7.80. The van der Waals surface area contributed by atoms with Gasteiger partial charge in [-0.2, -0.15) is 4.98 Å². The molecule has 1 aromatic rings. The van der Waals surface area contributed by atoms with Crippen molar-refractivity contribution in [2.75, 3.05) is 0 Å². The summed E-state index contributed by atoms with van der Waals surface area (Å²) < 4.78 is 4.56. The van der Waals surface area contributed by atoms with Gasteiger partial charge in [0.05, 0.1) is 16.9 Å². The molecule has 1 fully saturated rings. The number of nitrogens with one attached hydrogen (secondary N) is 1. The van der Waals surface area contributed by atoms with Crippen LogP contribution < -0.4 is 11.1 Å². The molecule has 1 aliphatic rings. The Balaban J connectivity index is 1.95. The Labute approximate surface area is 97.6 Å².